The van der Waals surface area contributed by atoms with Crippen molar-refractivity contribution >= 4 is 23.4 Å². The highest BCUT2D eigenvalue weighted by Gasteiger charge is 2.04. The van der Waals surface area contributed by atoms with E-state index in [1.54, 1.807) is 36.0 Å². The van der Waals surface area contributed by atoms with Gasteiger partial charge < -0.3 is 5.32 Å². The summed E-state index contributed by atoms with van der Waals surface area (Å²) < 4.78 is 0. The number of rotatable bonds is 4. The zero-order chi connectivity index (χ0) is 14.4. The summed E-state index contributed by atoms with van der Waals surface area (Å²) >= 11 is 1.64. The SMILES string of the molecule is CSc1cccc(NC(=O)Cc2ccc(C#N)cc2)c1. The van der Waals surface area contributed by atoms with Crippen LogP contribution in [0, 0.1) is 11.3 Å². The van der Waals surface area contributed by atoms with E-state index in [1.807, 2.05) is 30.5 Å². The van der Waals surface area contributed by atoms with Crippen LogP contribution in [0.1, 0.15) is 11.1 Å². The molecule has 0 bridgehead atoms. The number of hydrogen-bond acceptors (Lipinski definition) is 3. The van der Waals surface area contributed by atoms with Crippen molar-refractivity contribution < 1.29 is 4.79 Å². The number of thioether (sulfide) groups is 1. The minimum atomic E-state index is -0.0621. The molecule has 0 spiro atoms. The molecule has 0 radical (unpaired) electrons. The van der Waals surface area contributed by atoms with Crippen LogP contribution in [-0.2, 0) is 11.2 Å². The van der Waals surface area contributed by atoms with Gasteiger partial charge in [0.2, 0.25) is 5.91 Å². The molecular weight excluding hydrogens is 268 g/mol. The van der Waals surface area contributed by atoms with Crippen LogP contribution in [0.2, 0.25) is 0 Å². The number of amides is 1. The lowest BCUT2D eigenvalue weighted by Crippen LogP contribution is -2.14. The van der Waals surface area contributed by atoms with Crippen LogP contribution in [0.5, 0.6) is 0 Å². The lowest BCUT2D eigenvalue weighted by atomic mass is 10.1. The Morgan fingerprint density at radius 2 is 2.00 bits per heavy atom. The van der Waals surface area contributed by atoms with Crippen molar-refractivity contribution in [3.8, 4) is 6.07 Å². The molecule has 0 aliphatic heterocycles. The third-order valence-electron chi connectivity index (χ3n) is 2.80. The number of carbonyl (C=O) groups is 1. The summed E-state index contributed by atoms with van der Waals surface area (Å²) in [6.07, 6.45) is 2.30. The largest absolute Gasteiger partial charge is 0.326 e. The topological polar surface area (TPSA) is 52.9 Å². The predicted molar refractivity (Wildman–Crippen MR) is 81.7 cm³/mol. The highest BCUT2D eigenvalue weighted by atomic mass is 32.2. The van der Waals surface area contributed by atoms with Crippen LogP contribution in [-0.4, -0.2) is 12.2 Å². The van der Waals surface area contributed by atoms with Gasteiger partial charge in [-0.05, 0) is 42.2 Å². The fourth-order valence-electron chi connectivity index (χ4n) is 1.79. The normalized spacial score (nSPS) is 9.80. The lowest BCUT2D eigenvalue weighted by molar-refractivity contribution is -0.115. The van der Waals surface area contributed by atoms with Gasteiger partial charge in [0.15, 0.2) is 0 Å². The van der Waals surface area contributed by atoms with Crippen LogP contribution >= 0.6 is 11.8 Å². The Morgan fingerprint density at radius 3 is 2.65 bits per heavy atom. The molecule has 0 atom stereocenters. The first-order valence-electron chi connectivity index (χ1n) is 6.14. The first-order chi connectivity index (χ1) is 9.71. The van der Waals surface area contributed by atoms with E-state index in [2.05, 4.69) is 11.4 Å². The van der Waals surface area contributed by atoms with Gasteiger partial charge in [-0.1, -0.05) is 18.2 Å². The van der Waals surface area contributed by atoms with Crippen LogP contribution in [0.3, 0.4) is 0 Å². The second-order valence-corrected chi connectivity index (χ2v) is 5.15. The van der Waals surface area contributed by atoms with Crippen molar-refractivity contribution in [3.63, 3.8) is 0 Å². The van der Waals surface area contributed by atoms with Gasteiger partial charge in [0.05, 0.1) is 18.1 Å². The van der Waals surface area contributed by atoms with Gasteiger partial charge >= 0.3 is 0 Å². The average Bonchev–Trinajstić information content (AvgIpc) is 2.48. The van der Waals surface area contributed by atoms with E-state index in [-0.39, 0.29) is 5.91 Å². The summed E-state index contributed by atoms with van der Waals surface area (Å²) in [5.74, 6) is -0.0621. The molecule has 0 aliphatic rings. The van der Waals surface area contributed by atoms with E-state index in [1.165, 1.54) is 0 Å². The molecular formula is C16H14N2OS. The van der Waals surface area contributed by atoms with E-state index in [0.717, 1.165) is 16.1 Å². The van der Waals surface area contributed by atoms with Gasteiger partial charge in [-0.3, -0.25) is 4.79 Å². The number of carbonyl (C=O) groups excluding carboxylic acids is 1. The van der Waals surface area contributed by atoms with Gasteiger partial charge in [-0.25, -0.2) is 0 Å². The summed E-state index contributed by atoms with van der Waals surface area (Å²) in [7, 11) is 0. The molecule has 100 valence electrons. The Hall–Kier alpha value is -2.25. The zero-order valence-electron chi connectivity index (χ0n) is 11.1. The number of nitrogens with one attached hydrogen (secondary N) is 1. The maximum Gasteiger partial charge on any atom is 0.228 e. The zero-order valence-corrected chi connectivity index (χ0v) is 11.9. The minimum Gasteiger partial charge on any atom is -0.326 e. The molecule has 20 heavy (non-hydrogen) atoms. The van der Waals surface area contributed by atoms with E-state index >= 15 is 0 Å². The Kier molecular flexibility index (Phi) is 4.80. The average molecular weight is 282 g/mol. The van der Waals surface area contributed by atoms with Crippen LogP contribution in [0.4, 0.5) is 5.69 Å². The fourth-order valence-corrected chi connectivity index (χ4v) is 2.25. The van der Waals surface area contributed by atoms with Crippen molar-refractivity contribution in [1.29, 1.82) is 5.26 Å². The summed E-state index contributed by atoms with van der Waals surface area (Å²) in [6.45, 7) is 0. The number of hydrogen-bond donors (Lipinski definition) is 1. The number of benzene rings is 2. The second kappa shape index (κ2) is 6.78. The van der Waals surface area contributed by atoms with Crippen molar-refractivity contribution in [2.75, 3.05) is 11.6 Å². The van der Waals surface area contributed by atoms with Crippen molar-refractivity contribution in [3.05, 3.63) is 59.7 Å². The van der Waals surface area contributed by atoms with E-state index in [9.17, 15) is 4.79 Å². The molecule has 0 fully saturated rings. The van der Waals surface area contributed by atoms with Crippen LogP contribution < -0.4 is 5.32 Å². The molecule has 0 heterocycles. The third-order valence-corrected chi connectivity index (χ3v) is 3.53. The van der Waals surface area contributed by atoms with Crippen molar-refractivity contribution in [2.45, 2.75) is 11.3 Å². The Bertz CT molecular complexity index is 644. The summed E-state index contributed by atoms with van der Waals surface area (Å²) in [6, 6.07) is 16.8. The quantitative estimate of drug-likeness (QED) is 0.874. The van der Waals surface area contributed by atoms with Crippen LogP contribution in [0.15, 0.2) is 53.4 Å². The Balaban J connectivity index is 1.99. The van der Waals surface area contributed by atoms with E-state index < -0.39 is 0 Å². The molecule has 2 aromatic rings. The molecule has 0 saturated heterocycles. The maximum atomic E-state index is 12.0. The second-order valence-electron chi connectivity index (χ2n) is 4.27. The molecule has 2 rings (SSSR count). The number of nitrogens with zero attached hydrogens (tertiary/aromatic N) is 1. The summed E-state index contributed by atoms with van der Waals surface area (Å²) in [4.78, 5) is 13.1. The molecule has 0 unspecified atom stereocenters. The Morgan fingerprint density at radius 1 is 1.25 bits per heavy atom. The van der Waals surface area contributed by atoms with Gasteiger partial charge in [-0.2, -0.15) is 5.26 Å². The number of anilines is 1. The molecule has 0 aliphatic carbocycles. The maximum absolute atomic E-state index is 12.0. The molecule has 0 saturated carbocycles. The van der Waals surface area contributed by atoms with Crippen molar-refractivity contribution in [2.24, 2.45) is 0 Å². The molecule has 2 aromatic carbocycles. The first kappa shape index (κ1) is 14.2. The van der Waals surface area contributed by atoms with Gasteiger partial charge in [0.1, 0.15) is 0 Å². The molecule has 1 amide bonds. The minimum absolute atomic E-state index is 0.0621. The van der Waals surface area contributed by atoms with E-state index in [4.69, 9.17) is 5.26 Å². The predicted octanol–water partition coefficient (Wildman–Crippen LogP) is 3.46. The van der Waals surface area contributed by atoms with Gasteiger partial charge in [0.25, 0.3) is 0 Å². The fraction of sp³-hybridized carbons (Fsp3) is 0.125. The highest BCUT2D eigenvalue weighted by molar-refractivity contribution is 7.98. The van der Waals surface area contributed by atoms with E-state index in [0.29, 0.717) is 12.0 Å². The Labute approximate surface area is 122 Å². The number of nitriles is 1. The first-order valence-corrected chi connectivity index (χ1v) is 7.36. The molecule has 4 heteroatoms. The lowest BCUT2D eigenvalue weighted by Gasteiger charge is -2.06. The summed E-state index contributed by atoms with van der Waals surface area (Å²) in [5.41, 5.74) is 2.29. The molecule has 0 aromatic heterocycles. The van der Waals surface area contributed by atoms with Crippen LogP contribution in [0.25, 0.3) is 0 Å². The van der Waals surface area contributed by atoms with Gasteiger partial charge in [0, 0.05) is 10.6 Å². The summed E-state index contributed by atoms with van der Waals surface area (Å²) in [5, 5.41) is 11.6. The highest BCUT2D eigenvalue weighted by Crippen LogP contribution is 2.19. The monoisotopic (exact) mass is 282 g/mol. The molecule has 1 N–H and O–H groups in total. The third kappa shape index (κ3) is 3.87. The van der Waals surface area contributed by atoms with Crippen molar-refractivity contribution in [1.82, 2.24) is 0 Å². The smallest absolute Gasteiger partial charge is 0.228 e. The van der Waals surface area contributed by atoms with Gasteiger partial charge in [-0.15, -0.1) is 11.8 Å². The standard InChI is InChI=1S/C16H14N2OS/c1-20-15-4-2-3-14(10-15)18-16(19)9-12-5-7-13(11-17)8-6-12/h2-8,10H,9H2,1H3,(H,18,19). The molecule has 3 nitrogen and oxygen atoms in total.